The van der Waals surface area contributed by atoms with Crippen molar-refractivity contribution in [3.8, 4) is 5.75 Å². The van der Waals surface area contributed by atoms with Crippen LogP contribution in [0.15, 0.2) is 42.6 Å². The van der Waals surface area contributed by atoms with Gasteiger partial charge in [-0.15, -0.1) is 0 Å². The average molecular weight is 257 g/mol. The summed E-state index contributed by atoms with van der Waals surface area (Å²) in [6.45, 7) is 1.40. The molecule has 0 spiro atoms. The number of benzene rings is 1. The number of rotatable bonds is 6. The first-order valence-corrected chi connectivity index (χ1v) is 6.34. The number of methoxy groups -OCH3 is 1. The Bertz CT molecular complexity index is 511. The van der Waals surface area contributed by atoms with Gasteiger partial charge in [-0.05, 0) is 36.2 Å². The first kappa shape index (κ1) is 13.4. The number of nitrogens with zero attached hydrogens (tertiary/aromatic N) is 1. The molecule has 0 radical (unpaired) electrons. The van der Waals surface area contributed by atoms with E-state index in [9.17, 15) is 0 Å². The highest BCUT2D eigenvalue weighted by Crippen LogP contribution is 2.20. The zero-order chi connectivity index (χ0) is 13.5. The average Bonchev–Trinajstić information content (AvgIpc) is 2.47. The van der Waals surface area contributed by atoms with E-state index < -0.39 is 0 Å². The molecular formula is C15H19N3O. The molecule has 100 valence electrons. The van der Waals surface area contributed by atoms with Crippen LogP contribution in [0.1, 0.15) is 11.1 Å². The minimum absolute atomic E-state index is 0.683. The van der Waals surface area contributed by atoms with E-state index >= 15 is 0 Å². The van der Waals surface area contributed by atoms with Gasteiger partial charge in [-0.25, -0.2) is 4.98 Å². The van der Waals surface area contributed by atoms with Crippen molar-refractivity contribution >= 4 is 5.82 Å². The van der Waals surface area contributed by atoms with Crippen molar-refractivity contribution in [2.45, 2.75) is 13.0 Å². The number of aromatic nitrogens is 1. The maximum atomic E-state index is 5.53. The van der Waals surface area contributed by atoms with E-state index in [1.165, 1.54) is 11.1 Å². The van der Waals surface area contributed by atoms with Crippen molar-refractivity contribution in [2.24, 2.45) is 5.73 Å². The minimum atomic E-state index is 0.683. The number of nitrogens with one attached hydrogen (secondary N) is 1. The molecule has 0 bridgehead atoms. The first-order valence-electron chi connectivity index (χ1n) is 6.34. The van der Waals surface area contributed by atoms with Gasteiger partial charge in [-0.3, -0.25) is 0 Å². The first-order chi connectivity index (χ1) is 9.33. The van der Waals surface area contributed by atoms with Crippen molar-refractivity contribution in [3.63, 3.8) is 0 Å². The number of nitrogens with two attached hydrogens (primary N) is 1. The molecule has 3 N–H and O–H groups in total. The molecule has 0 saturated heterocycles. The molecule has 2 aromatic rings. The summed E-state index contributed by atoms with van der Waals surface area (Å²) in [6.07, 6.45) is 2.66. The van der Waals surface area contributed by atoms with E-state index in [-0.39, 0.29) is 0 Å². The maximum Gasteiger partial charge on any atom is 0.168 e. The van der Waals surface area contributed by atoms with E-state index in [0.717, 1.165) is 24.5 Å². The molecule has 0 fully saturated rings. The van der Waals surface area contributed by atoms with Gasteiger partial charge < -0.3 is 15.8 Å². The Kier molecular flexibility index (Phi) is 4.75. The van der Waals surface area contributed by atoms with Crippen LogP contribution in [0.5, 0.6) is 5.75 Å². The molecule has 0 aliphatic rings. The molecule has 4 heteroatoms. The highest BCUT2D eigenvalue weighted by Gasteiger charge is 2.02. The Morgan fingerprint density at radius 3 is 2.58 bits per heavy atom. The predicted molar refractivity (Wildman–Crippen MR) is 77.3 cm³/mol. The lowest BCUT2D eigenvalue weighted by molar-refractivity contribution is 0.415. The second kappa shape index (κ2) is 6.75. The smallest absolute Gasteiger partial charge is 0.168 e. The van der Waals surface area contributed by atoms with E-state index in [2.05, 4.69) is 34.6 Å². The molecule has 0 aliphatic heterocycles. The van der Waals surface area contributed by atoms with E-state index in [0.29, 0.717) is 6.54 Å². The zero-order valence-corrected chi connectivity index (χ0v) is 11.1. The fourth-order valence-electron chi connectivity index (χ4n) is 1.86. The fraction of sp³-hybridized carbons (Fsp3) is 0.267. The van der Waals surface area contributed by atoms with Crippen LogP contribution in [-0.2, 0) is 13.0 Å². The zero-order valence-electron chi connectivity index (χ0n) is 11.1. The third kappa shape index (κ3) is 3.69. The van der Waals surface area contributed by atoms with Gasteiger partial charge in [-0.2, -0.15) is 0 Å². The normalized spacial score (nSPS) is 10.2. The number of hydrogen-bond acceptors (Lipinski definition) is 4. The topological polar surface area (TPSA) is 60.2 Å². The van der Waals surface area contributed by atoms with Crippen molar-refractivity contribution in [2.75, 3.05) is 19.0 Å². The van der Waals surface area contributed by atoms with Gasteiger partial charge in [0.05, 0.1) is 7.11 Å². The lowest BCUT2D eigenvalue weighted by Crippen LogP contribution is -2.04. The molecule has 0 unspecified atom stereocenters. The Morgan fingerprint density at radius 2 is 1.89 bits per heavy atom. The molecule has 4 nitrogen and oxygen atoms in total. The summed E-state index contributed by atoms with van der Waals surface area (Å²) in [7, 11) is 1.64. The summed E-state index contributed by atoms with van der Waals surface area (Å²) in [5, 5.41) is 3.27. The van der Waals surface area contributed by atoms with Gasteiger partial charge in [0.1, 0.15) is 0 Å². The van der Waals surface area contributed by atoms with Gasteiger partial charge in [0.25, 0.3) is 0 Å². The molecule has 19 heavy (non-hydrogen) atoms. The van der Waals surface area contributed by atoms with Crippen LogP contribution in [0, 0.1) is 0 Å². The lowest BCUT2D eigenvalue weighted by Gasteiger charge is -2.10. The predicted octanol–water partition coefficient (Wildman–Crippen LogP) is 2.20. The van der Waals surface area contributed by atoms with E-state index in [4.69, 9.17) is 10.5 Å². The highest BCUT2D eigenvalue weighted by atomic mass is 16.5. The standard InChI is InChI=1S/C15H19N3O/c1-19-14-3-2-10-17-15(14)18-11-13-6-4-12(5-7-13)8-9-16/h2-7,10H,8-9,11,16H2,1H3,(H,17,18). The summed E-state index contributed by atoms with van der Waals surface area (Å²) in [6, 6.07) is 12.2. The second-order valence-electron chi connectivity index (χ2n) is 4.26. The number of hydrogen-bond donors (Lipinski definition) is 2. The molecule has 0 atom stereocenters. The molecule has 0 amide bonds. The Balaban J connectivity index is 1.98. The quantitative estimate of drug-likeness (QED) is 0.833. The monoisotopic (exact) mass is 257 g/mol. The molecule has 1 heterocycles. The summed E-state index contributed by atoms with van der Waals surface area (Å²) < 4.78 is 5.25. The van der Waals surface area contributed by atoms with Gasteiger partial charge >= 0.3 is 0 Å². The van der Waals surface area contributed by atoms with Crippen LogP contribution in [0.4, 0.5) is 5.82 Å². The van der Waals surface area contributed by atoms with Gasteiger partial charge in [0, 0.05) is 12.7 Å². The molecule has 2 rings (SSSR count). The minimum Gasteiger partial charge on any atom is -0.493 e. The molecule has 0 aliphatic carbocycles. The largest absolute Gasteiger partial charge is 0.493 e. The third-order valence-corrected chi connectivity index (χ3v) is 2.91. The number of ether oxygens (including phenoxy) is 1. The van der Waals surface area contributed by atoms with Crippen LogP contribution in [-0.4, -0.2) is 18.6 Å². The lowest BCUT2D eigenvalue weighted by atomic mass is 10.1. The van der Waals surface area contributed by atoms with Crippen molar-refractivity contribution in [1.29, 1.82) is 0 Å². The highest BCUT2D eigenvalue weighted by molar-refractivity contribution is 5.49. The number of pyridine rings is 1. The Hall–Kier alpha value is -2.07. The molecule has 1 aromatic heterocycles. The van der Waals surface area contributed by atoms with Crippen molar-refractivity contribution in [1.82, 2.24) is 4.98 Å². The van der Waals surface area contributed by atoms with E-state index in [1.807, 2.05) is 12.1 Å². The summed E-state index contributed by atoms with van der Waals surface area (Å²) in [5.41, 5.74) is 8.00. The summed E-state index contributed by atoms with van der Waals surface area (Å²) in [5.74, 6) is 1.51. The van der Waals surface area contributed by atoms with Gasteiger partial charge in [-0.1, -0.05) is 24.3 Å². The molecule has 1 aromatic carbocycles. The van der Waals surface area contributed by atoms with Crippen molar-refractivity contribution in [3.05, 3.63) is 53.7 Å². The van der Waals surface area contributed by atoms with Crippen LogP contribution in [0.2, 0.25) is 0 Å². The molecular weight excluding hydrogens is 238 g/mol. The van der Waals surface area contributed by atoms with E-state index in [1.54, 1.807) is 13.3 Å². The Morgan fingerprint density at radius 1 is 1.16 bits per heavy atom. The van der Waals surface area contributed by atoms with Gasteiger partial charge in [0.2, 0.25) is 0 Å². The fourth-order valence-corrected chi connectivity index (χ4v) is 1.86. The van der Waals surface area contributed by atoms with Crippen LogP contribution >= 0.6 is 0 Å². The van der Waals surface area contributed by atoms with Crippen LogP contribution < -0.4 is 15.8 Å². The SMILES string of the molecule is COc1cccnc1NCc1ccc(CCN)cc1. The molecule has 0 saturated carbocycles. The van der Waals surface area contributed by atoms with Crippen LogP contribution in [0.25, 0.3) is 0 Å². The summed E-state index contributed by atoms with van der Waals surface area (Å²) in [4.78, 5) is 4.26. The number of anilines is 1. The van der Waals surface area contributed by atoms with Crippen LogP contribution in [0.3, 0.4) is 0 Å². The van der Waals surface area contributed by atoms with Gasteiger partial charge in [0.15, 0.2) is 11.6 Å². The van der Waals surface area contributed by atoms with Crippen molar-refractivity contribution < 1.29 is 4.74 Å². The second-order valence-corrected chi connectivity index (χ2v) is 4.26. The maximum absolute atomic E-state index is 5.53. The summed E-state index contributed by atoms with van der Waals surface area (Å²) >= 11 is 0. The third-order valence-electron chi connectivity index (χ3n) is 2.91. The Labute approximate surface area is 113 Å².